The number of nitrogens with zero attached hydrogens (tertiary/aromatic N) is 2. The third-order valence-corrected chi connectivity index (χ3v) is 1.41. The largest absolute Gasteiger partial charge is 0.707 e. The van der Waals surface area contributed by atoms with Gasteiger partial charge in [-0.3, -0.25) is 0 Å². The summed E-state index contributed by atoms with van der Waals surface area (Å²) in [6.45, 7) is 3.94. The van der Waals surface area contributed by atoms with E-state index in [1.165, 1.54) is 12.4 Å². The van der Waals surface area contributed by atoms with Crippen LogP contribution in [0.3, 0.4) is 0 Å². The summed E-state index contributed by atoms with van der Waals surface area (Å²) in [6.07, 6.45) is 2.81. The van der Waals surface area contributed by atoms with E-state index >= 15 is 0 Å². The zero-order valence-corrected chi connectivity index (χ0v) is 7.51. The van der Waals surface area contributed by atoms with E-state index in [0.29, 0.717) is 5.82 Å². The molecule has 6 heteroatoms. The maximum Gasteiger partial charge on any atom is 0.707 e. The minimum absolute atomic E-state index is 0.236. The van der Waals surface area contributed by atoms with E-state index in [2.05, 4.69) is 14.6 Å². The first kappa shape index (κ1) is 9.95. The lowest BCUT2D eigenvalue weighted by Gasteiger charge is -2.05. The fraction of sp³-hybridized carbons (Fsp3) is 0.429. The Kier molecular flexibility index (Phi) is 3.22. The Balaban J connectivity index is 2.70. The number of hydrogen-bond acceptors (Lipinski definition) is 5. The monoisotopic (exact) mass is 182 g/mol. The highest BCUT2D eigenvalue weighted by Crippen LogP contribution is 2.11. The molecule has 0 radical (unpaired) electrons. The van der Waals surface area contributed by atoms with Crippen molar-refractivity contribution >= 4 is 7.32 Å². The Labute approximate surface area is 76.6 Å². The minimum Gasteiger partial charge on any atom is -0.509 e. The molecule has 0 unspecified atom stereocenters. The lowest BCUT2D eigenvalue weighted by atomic mass is 10.2. The van der Waals surface area contributed by atoms with Crippen LogP contribution < -0.4 is 4.65 Å². The first-order chi connectivity index (χ1) is 6.09. The van der Waals surface area contributed by atoms with Gasteiger partial charge < -0.3 is 14.7 Å². The fourth-order valence-corrected chi connectivity index (χ4v) is 0.807. The van der Waals surface area contributed by atoms with Gasteiger partial charge in [-0.1, -0.05) is 13.8 Å². The third kappa shape index (κ3) is 3.00. The summed E-state index contributed by atoms with van der Waals surface area (Å²) in [5.74, 6) is 1.17. The molecule has 70 valence electrons. The molecule has 0 atom stereocenters. The molecular weight excluding hydrogens is 171 g/mol. The van der Waals surface area contributed by atoms with E-state index in [9.17, 15) is 0 Å². The number of rotatable bonds is 3. The molecule has 0 fully saturated rings. The van der Waals surface area contributed by atoms with Crippen LogP contribution in [0.2, 0.25) is 0 Å². The Morgan fingerprint density at radius 1 is 1.31 bits per heavy atom. The molecule has 5 nitrogen and oxygen atoms in total. The molecule has 1 aromatic rings. The smallest absolute Gasteiger partial charge is 0.509 e. The predicted octanol–water partition coefficient (Wildman–Crippen LogP) is -0.0517. The van der Waals surface area contributed by atoms with Crippen molar-refractivity contribution in [1.82, 2.24) is 9.97 Å². The van der Waals surface area contributed by atoms with E-state index in [-0.39, 0.29) is 11.7 Å². The van der Waals surface area contributed by atoms with Crippen LogP contribution in [0.25, 0.3) is 0 Å². The van der Waals surface area contributed by atoms with Crippen molar-refractivity contribution < 1.29 is 14.7 Å². The lowest BCUT2D eigenvalue weighted by Crippen LogP contribution is -2.20. The van der Waals surface area contributed by atoms with Gasteiger partial charge in [-0.2, -0.15) is 0 Å². The zero-order valence-electron chi connectivity index (χ0n) is 7.51. The molecule has 0 amide bonds. The lowest BCUT2D eigenvalue weighted by molar-refractivity contribution is 0.287. The van der Waals surface area contributed by atoms with Crippen LogP contribution in [-0.4, -0.2) is 27.3 Å². The van der Waals surface area contributed by atoms with E-state index in [1.807, 2.05) is 13.8 Å². The summed E-state index contributed by atoms with van der Waals surface area (Å²) in [4.78, 5) is 7.95. The quantitative estimate of drug-likeness (QED) is 0.640. The van der Waals surface area contributed by atoms with Crippen LogP contribution >= 0.6 is 0 Å². The standard InChI is InChI=1S/C7H11BN2O3/c1-5(2)7-9-3-6(4-10-7)13-8(11)12/h3-5,11-12H,1-2H3. The van der Waals surface area contributed by atoms with Crippen molar-refractivity contribution in [3.05, 3.63) is 18.2 Å². The van der Waals surface area contributed by atoms with Gasteiger partial charge in [0.15, 0.2) is 0 Å². The second-order valence-corrected chi connectivity index (χ2v) is 2.88. The maximum absolute atomic E-state index is 8.46. The van der Waals surface area contributed by atoms with E-state index in [0.717, 1.165) is 0 Å². The predicted molar refractivity (Wildman–Crippen MR) is 46.9 cm³/mol. The van der Waals surface area contributed by atoms with Gasteiger partial charge in [0, 0.05) is 5.92 Å². The topological polar surface area (TPSA) is 75.5 Å². The highest BCUT2D eigenvalue weighted by Gasteiger charge is 2.11. The molecule has 1 rings (SSSR count). The van der Waals surface area contributed by atoms with Gasteiger partial charge in [-0.05, 0) is 0 Å². The Bertz CT molecular complexity index is 263. The summed E-state index contributed by atoms with van der Waals surface area (Å²) in [5.41, 5.74) is 0. The highest BCUT2D eigenvalue weighted by molar-refractivity contribution is 6.33. The van der Waals surface area contributed by atoms with Crippen molar-refractivity contribution in [2.75, 3.05) is 0 Å². The summed E-state index contributed by atoms with van der Waals surface area (Å²) in [6, 6.07) is 0. The van der Waals surface area contributed by atoms with Crippen molar-refractivity contribution in [3.8, 4) is 5.75 Å². The molecule has 0 saturated carbocycles. The molecule has 0 spiro atoms. The molecule has 0 aromatic carbocycles. The molecule has 0 aliphatic heterocycles. The van der Waals surface area contributed by atoms with Crippen LogP contribution in [0, 0.1) is 0 Å². The Morgan fingerprint density at radius 2 is 1.85 bits per heavy atom. The van der Waals surface area contributed by atoms with Crippen LogP contribution in [-0.2, 0) is 0 Å². The average Bonchev–Trinajstić information content (AvgIpc) is 2.04. The molecule has 0 aliphatic rings. The maximum atomic E-state index is 8.46. The van der Waals surface area contributed by atoms with Crippen molar-refractivity contribution in [2.24, 2.45) is 0 Å². The van der Waals surface area contributed by atoms with Crippen molar-refractivity contribution in [2.45, 2.75) is 19.8 Å². The molecule has 1 heterocycles. The van der Waals surface area contributed by atoms with Gasteiger partial charge in [0.25, 0.3) is 0 Å². The molecular formula is C7H11BN2O3. The van der Waals surface area contributed by atoms with E-state index < -0.39 is 7.32 Å². The summed E-state index contributed by atoms with van der Waals surface area (Å²) in [7, 11) is -1.83. The Morgan fingerprint density at radius 3 is 2.23 bits per heavy atom. The van der Waals surface area contributed by atoms with Crippen LogP contribution in [0.15, 0.2) is 12.4 Å². The zero-order chi connectivity index (χ0) is 9.84. The molecule has 0 bridgehead atoms. The average molecular weight is 182 g/mol. The second kappa shape index (κ2) is 4.20. The summed E-state index contributed by atoms with van der Waals surface area (Å²) < 4.78 is 4.54. The third-order valence-electron chi connectivity index (χ3n) is 1.41. The normalized spacial score (nSPS) is 10.2. The van der Waals surface area contributed by atoms with Gasteiger partial charge in [0.05, 0.1) is 12.4 Å². The van der Waals surface area contributed by atoms with Crippen LogP contribution in [0.5, 0.6) is 5.75 Å². The number of aromatic nitrogens is 2. The first-order valence-corrected chi connectivity index (χ1v) is 3.94. The second-order valence-electron chi connectivity index (χ2n) is 2.88. The van der Waals surface area contributed by atoms with Gasteiger partial charge in [-0.15, -0.1) is 0 Å². The van der Waals surface area contributed by atoms with Gasteiger partial charge in [0.2, 0.25) is 0 Å². The highest BCUT2D eigenvalue weighted by atomic mass is 16.6. The number of hydrogen-bond donors (Lipinski definition) is 2. The Hall–Kier alpha value is -1.14. The summed E-state index contributed by atoms with van der Waals surface area (Å²) >= 11 is 0. The van der Waals surface area contributed by atoms with E-state index in [4.69, 9.17) is 10.0 Å². The van der Waals surface area contributed by atoms with Crippen LogP contribution in [0.1, 0.15) is 25.6 Å². The molecule has 0 aliphatic carbocycles. The molecule has 2 N–H and O–H groups in total. The van der Waals surface area contributed by atoms with Gasteiger partial charge in [0.1, 0.15) is 11.6 Å². The summed E-state index contributed by atoms with van der Waals surface area (Å²) in [5, 5.41) is 16.9. The molecule has 0 saturated heterocycles. The van der Waals surface area contributed by atoms with Crippen LogP contribution in [0.4, 0.5) is 0 Å². The van der Waals surface area contributed by atoms with Crippen molar-refractivity contribution in [1.29, 1.82) is 0 Å². The van der Waals surface area contributed by atoms with Crippen molar-refractivity contribution in [3.63, 3.8) is 0 Å². The van der Waals surface area contributed by atoms with Gasteiger partial charge >= 0.3 is 7.32 Å². The SMILES string of the molecule is CC(C)c1ncc(OB(O)O)cn1. The first-order valence-electron chi connectivity index (χ1n) is 3.94. The van der Waals surface area contributed by atoms with Gasteiger partial charge in [-0.25, -0.2) is 9.97 Å². The molecule has 1 aromatic heterocycles. The molecule has 13 heavy (non-hydrogen) atoms. The van der Waals surface area contributed by atoms with E-state index in [1.54, 1.807) is 0 Å². The minimum atomic E-state index is -1.83. The fourth-order valence-electron chi connectivity index (χ4n) is 0.807.